The van der Waals surface area contributed by atoms with Gasteiger partial charge >= 0.3 is 0 Å². The number of hydrogen-bond acceptors (Lipinski definition) is 6. The molecular formula is C13H20N4O4S. The van der Waals surface area contributed by atoms with Crippen molar-refractivity contribution < 1.29 is 17.7 Å². The van der Waals surface area contributed by atoms with Crippen molar-refractivity contribution in [1.82, 2.24) is 19.7 Å². The van der Waals surface area contributed by atoms with Crippen LogP contribution in [0.4, 0.5) is 0 Å². The van der Waals surface area contributed by atoms with Gasteiger partial charge in [0.15, 0.2) is 0 Å². The number of nitrogens with one attached hydrogen (secondary N) is 1. The molecule has 3 heterocycles. The summed E-state index contributed by atoms with van der Waals surface area (Å²) in [4.78, 5) is 14.0. The number of rotatable bonds is 4. The van der Waals surface area contributed by atoms with Crippen LogP contribution in [0.5, 0.6) is 0 Å². The molecule has 22 heavy (non-hydrogen) atoms. The lowest BCUT2D eigenvalue weighted by Crippen LogP contribution is -2.54. The van der Waals surface area contributed by atoms with Crippen LogP contribution in [-0.2, 0) is 20.6 Å². The lowest BCUT2D eigenvalue weighted by molar-refractivity contribution is -0.134. The van der Waals surface area contributed by atoms with E-state index in [1.54, 1.807) is 11.0 Å². The standard InChI is InChI=1S/C13H20N4O4S/c18-13(12-2-1-4-14-12)16-5-7-17(8-6-16)22(19,20)10-11-3-9-21-15-11/h3,9,12,14H,1-2,4-8,10H2. The Morgan fingerprint density at radius 3 is 2.73 bits per heavy atom. The van der Waals surface area contributed by atoms with Crippen LogP contribution >= 0.6 is 0 Å². The van der Waals surface area contributed by atoms with Gasteiger partial charge in [0.2, 0.25) is 15.9 Å². The molecule has 2 fully saturated rings. The maximum Gasteiger partial charge on any atom is 0.239 e. The summed E-state index contributed by atoms with van der Waals surface area (Å²) in [5.41, 5.74) is 0.397. The molecule has 1 aromatic rings. The van der Waals surface area contributed by atoms with Gasteiger partial charge in [-0.1, -0.05) is 5.16 Å². The number of piperazine rings is 1. The SMILES string of the molecule is O=C(C1CCCN1)N1CCN(S(=O)(=O)Cc2ccon2)CC1. The first-order chi connectivity index (χ1) is 10.6. The summed E-state index contributed by atoms with van der Waals surface area (Å²) in [5.74, 6) is -0.0761. The van der Waals surface area contributed by atoms with E-state index in [4.69, 9.17) is 0 Å². The highest BCUT2D eigenvalue weighted by Gasteiger charge is 2.32. The molecule has 122 valence electrons. The smallest absolute Gasteiger partial charge is 0.239 e. The van der Waals surface area contributed by atoms with Crippen LogP contribution < -0.4 is 5.32 Å². The molecule has 1 amide bonds. The average molecular weight is 328 g/mol. The molecule has 0 saturated carbocycles. The molecule has 2 aliphatic rings. The number of carbonyl (C=O) groups is 1. The quantitative estimate of drug-likeness (QED) is 0.793. The van der Waals surface area contributed by atoms with Crippen molar-refractivity contribution in [2.45, 2.75) is 24.6 Å². The monoisotopic (exact) mass is 328 g/mol. The summed E-state index contributed by atoms with van der Waals surface area (Å²) in [6.45, 7) is 2.42. The minimum absolute atomic E-state index is 0.0889. The van der Waals surface area contributed by atoms with Crippen LogP contribution in [0.25, 0.3) is 0 Å². The van der Waals surface area contributed by atoms with Crippen LogP contribution in [0.3, 0.4) is 0 Å². The fourth-order valence-electron chi connectivity index (χ4n) is 2.89. The van der Waals surface area contributed by atoms with E-state index in [2.05, 4.69) is 15.0 Å². The van der Waals surface area contributed by atoms with Crippen LogP contribution in [0.15, 0.2) is 16.9 Å². The highest BCUT2D eigenvalue weighted by Crippen LogP contribution is 2.15. The Balaban J connectivity index is 1.55. The number of carbonyl (C=O) groups excluding carboxylic acids is 1. The maximum absolute atomic E-state index is 12.3. The summed E-state index contributed by atoms with van der Waals surface area (Å²) in [5, 5.41) is 6.82. The first kappa shape index (κ1) is 15.4. The van der Waals surface area contributed by atoms with Gasteiger partial charge in [0, 0.05) is 32.2 Å². The minimum atomic E-state index is -3.42. The molecule has 0 aliphatic carbocycles. The average Bonchev–Trinajstić information content (AvgIpc) is 3.19. The van der Waals surface area contributed by atoms with Gasteiger partial charge in [0.05, 0.1) is 11.7 Å². The Morgan fingerprint density at radius 1 is 1.36 bits per heavy atom. The van der Waals surface area contributed by atoms with E-state index >= 15 is 0 Å². The number of sulfonamides is 1. The van der Waals surface area contributed by atoms with Gasteiger partial charge in [-0.25, -0.2) is 8.42 Å². The predicted octanol–water partition coefficient (Wildman–Crippen LogP) is -0.599. The van der Waals surface area contributed by atoms with Crippen molar-refractivity contribution in [2.24, 2.45) is 0 Å². The molecule has 2 aliphatic heterocycles. The van der Waals surface area contributed by atoms with Gasteiger partial charge in [0.25, 0.3) is 0 Å². The van der Waals surface area contributed by atoms with E-state index < -0.39 is 10.0 Å². The first-order valence-corrected chi connectivity index (χ1v) is 9.06. The zero-order valence-corrected chi connectivity index (χ0v) is 13.1. The van der Waals surface area contributed by atoms with E-state index in [0.29, 0.717) is 31.9 Å². The lowest BCUT2D eigenvalue weighted by Gasteiger charge is -2.35. The van der Waals surface area contributed by atoms with Gasteiger partial charge < -0.3 is 14.7 Å². The number of amides is 1. The predicted molar refractivity (Wildman–Crippen MR) is 78.3 cm³/mol. The molecule has 0 bridgehead atoms. The van der Waals surface area contributed by atoms with Crippen molar-refractivity contribution in [2.75, 3.05) is 32.7 Å². The van der Waals surface area contributed by atoms with Crippen LogP contribution in [0, 0.1) is 0 Å². The number of nitrogens with zero attached hydrogens (tertiary/aromatic N) is 3. The molecule has 1 unspecified atom stereocenters. The molecule has 0 radical (unpaired) electrons. The Kier molecular flexibility index (Phi) is 4.46. The van der Waals surface area contributed by atoms with E-state index in [9.17, 15) is 13.2 Å². The summed E-state index contributed by atoms with van der Waals surface area (Å²) in [6, 6.07) is 1.45. The Labute approximate surface area is 129 Å². The van der Waals surface area contributed by atoms with Crippen molar-refractivity contribution in [1.29, 1.82) is 0 Å². The summed E-state index contributed by atoms with van der Waals surface area (Å²) < 4.78 is 30.7. The topological polar surface area (TPSA) is 95.8 Å². The molecule has 1 N–H and O–H groups in total. The Bertz CT molecular complexity index is 602. The highest BCUT2D eigenvalue weighted by atomic mass is 32.2. The molecular weight excluding hydrogens is 308 g/mol. The number of aromatic nitrogens is 1. The molecule has 0 aromatic carbocycles. The minimum Gasteiger partial charge on any atom is -0.364 e. The van der Waals surface area contributed by atoms with Gasteiger partial charge in [-0.15, -0.1) is 0 Å². The zero-order valence-electron chi connectivity index (χ0n) is 12.3. The normalized spacial score (nSPS) is 23.8. The summed E-state index contributed by atoms with van der Waals surface area (Å²) in [7, 11) is -3.42. The van der Waals surface area contributed by atoms with Gasteiger partial charge in [-0.3, -0.25) is 4.79 Å². The van der Waals surface area contributed by atoms with Crippen LogP contribution in [-0.4, -0.2) is 67.5 Å². The second-order valence-electron chi connectivity index (χ2n) is 5.62. The highest BCUT2D eigenvalue weighted by molar-refractivity contribution is 7.88. The van der Waals surface area contributed by atoms with Crippen molar-refractivity contribution in [3.05, 3.63) is 18.0 Å². The number of hydrogen-bond donors (Lipinski definition) is 1. The van der Waals surface area contributed by atoms with Gasteiger partial charge in [-0.2, -0.15) is 4.31 Å². The summed E-state index contributed by atoms with van der Waals surface area (Å²) >= 11 is 0. The van der Waals surface area contributed by atoms with E-state index in [1.807, 2.05) is 0 Å². The fourth-order valence-corrected chi connectivity index (χ4v) is 4.32. The lowest BCUT2D eigenvalue weighted by atomic mass is 10.2. The first-order valence-electron chi connectivity index (χ1n) is 7.45. The third kappa shape index (κ3) is 3.31. The maximum atomic E-state index is 12.3. The van der Waals surface area contributed by atoms with E-state index in [-0.39, 0.29) is 17.7 Å². The molecule has 9 heteroatoms. The Morgan fingerprint density at radius 2 is 2.14 bits per heavy atom. The molecule has 3 rings (SSSR count). The van der Waals surface area contributed by atoms with Crippen molar-refractivity contribution >= 4 is 15.9 Å². The molecule has 1 atom stereocenters. The largest absolute Gasteiger partial charge is 0.364 e. The molecule has 2 saturated heterocycles. The molecule has 8 nitrogen and oxygen atoms in total. The molecule has 0 spiro atoms. The van der Waals surface area contributed by atoms with Gasteiger partial charge in [0.1, 0.15) is 12.0 Å². The molecule has 1 aromatic heterocycles. The van der Waals surface area contributed by atoms with E-state index in [0.717, 1.165) is 19.4 Å². The summed E-state index contributed by atoms with van der Waals surface area (Å²) in [6.07, 6.45) is 3.24. The Hall–Kier alpha value is -1.45. The second-order valence-corrected chi connectivity index (χ2v) is 7.59. The zero-order chi connectivity index (χ0) is 15.6. The van der Waals surface area contributed by atoms with Crippen LogP contribution in [0.1, 0.15) is 18.5 Å². The second kappa shape index (κ2) is 6.35. The fraction of sp³-hybridized carbons (Fsp3) is 0.692. The van der Waals surface area contributed by atoms with Gasteiger partial charge in [-0.05, 0) is 19.4 Å². The van der Waals surface area contributed by atoms with Crippen molar-refractivity contribution in [3.8, 4) is 0 Å². The van der Waals surface area contributed by atoms with E-state index in [1.165, 1.54) is 10.6 Å². The van der Waals surface area contributed by atoms with Crippen LogP contribution in [0.2, 0.25) is 0 Å². The van der Waals surface area contributed by atoms with Crippen molar-refractivity contribution in [3.63, 3.8) is 0 Å². The third-order valence-electron chi connectivity index (χ3n) is 4.12. The third-order valence-corrected chi connectivity index (χ3v) is 5.94.